The van der Waals surface area contributed by atoms with Crippen molar-refractivity contribution in [3.8, 4) is 11.3 Å². The lowest BCUT2D eigenvalue weighted by Crippen LogP contribution is -2.14. The molecule has 2 aliphatic rings. The maximum Gasteiger partial charge on any atom is 0.262 e. The molecular formula is C24H18F3N3O3S. The van der Waals surface area contributed by atoms with E-state index in [1.165, 1.54) is 12.1 Å². The number of fused-ring (bicyclic) bond motifs is 1. The lowest BCUT2D eigenvalue weighted by molar-refractivity contribution is -0.119. The number of benzene rings is 2. The number of carbonyl (C=O) groups excluding carboxylic acids is 1. The summed E-state index contributed by atoms with van der Waals surface area (Å²) in [5.41, 5.74) is 1.94. The average Bonchev–Trinajstić information content (AvgIpc) is 3.54. The van der Waals surface area contributed by atoms with E-state index in [1.54, 1.807) is 0 Å². The number of Topliss-reactive ketones (excluding diaryl/α,β-unsaturated/α-hetero) is 1. The number of nitrogens with one attached hydrogen (secondary N) is 1. The summed E-state index contributed by atoms with van der Waals surface area (Å²) in [5.74, 6) is -2.88. The molecule has 174 valence electrons. The van der Waals surface area contributed by atoms with Crippen molar-refractivity contribution in [1.82, 2.24) is 9.97 Å². The molecule has 1 saturated carbocycles. The highest BCUT2D eigenvalue weighted by Gasteiger charge is 2.30. The maximum atomic E-state index is 14.9. The molecule has 2 aliphatic carbocycles. The minimum Gasteiger partial charge on any atom is -0.299 e. The van der Waals surface area contributed by atoms with Crippen LogP contribution in [0.1, 0.15) is 29.9 Å². The van der Waals surface area contributed by atoms with E-state index in [9.17, 15) is 26.4 Å². The van der Waals surface area contributed by atoms with Crippen LogP contribution in [-0.4, -0.2) is 24.2 Å². The van der Waals surface area contributed by atoms with Gasteiger partial charge in [0.2, 0.25) is 0 Å². The Hall–Kier alpha value is -3.53. The van der Waals surface area contributed by atoms with Crippen LogP contribution in [0.3, 0.4) is 0 Å². The first kappa shape index (κ1) is 22.3. The molecule has 10 heteroatoms. The van der Waals surface area contributed by atoms with Crippen LogP contribution in [-0.2, 0) is 27.7 Å². The first-order valence-electron chi connectivity index (χ1n) is 10.6. The number of hydrogen-bond donors (Lipinski definition) is 1. The molecule has 0 atom stereocenters. The number of halogens is 3. The van der Waals surface area contributed by atoms with Gasteiger partial charge in [0.25, 0.3) is 10.0 Å². The van der Waals surface area contributed by atoms with Crippen molar-refractivity contribution in [3.05, 3.63) is 77.0 Å². The van der Waals surface area contributed by atoms with Crippen LogP contribution in [0.4, 0.5) is 18.9 Å². The minimum absolute atomic E-state index is 0.0674. The summed E-state index contributed by atoms with van der Waals surface area (Å²) in [6.07, 6.45) is 6.17. The fourth-order valence-corrected chi connectivity index (χ4v) is 4.86. The zero-order valence-electron chi connectivity index (χ0n) is 17.7. The summed E-state index contributed by atoms with van der Waals surface area (Å²) in [6.45, 7) is 0. The smallest absolute Gasteiger partial charge is 0.262 e. The van der Waals surface area contributed by atoms with E-state index in [0.29, 0.717) is 35.6 Å². The zero-order chi connectivity index (χ0) is 24.0. The van der Waals surface area contributed by atoms with Gasteiger partial charge in [-0.25, -0.2) is 31.6 Å². The topological polar surface area (TPSA) is 89.0 Å². The number of allylic oxidation sites excluding steroid dienone is 1. The summed E-state index contributed by atoms with van der Waals surface area (Å²) in [5, 5.41) is 0. The van der Waals surface area contributed by atoms with Gasteiger partial charge >= 0.3 is 0 Å². The number of hydrogen-bond acceptors (Lipinski definition) is 5. The average molecular weight is 485 g/mol. The number of anilines is 1. The largest absolute Gasteiger partial charge is 0.299 e. The van der Waals surface area contributed by atoms with Gasteiger partial charge in [-0.2, -0.15) is 0 Å². The molecule has 2 aromatic carbocycles. The molecule has 1 N–H and O–H groups in total. The fraction of sp³-hybridized carbons (Fsp3) is 0.208. The van der Waals surface area contributed by atoms with Crippen LogP contribution in [0, 0.1) is 23.4 Å². The molecule has 0 spiro atoms. The van der Waals surface area contributed by atoms with Crippen LogP contribution in [0.5, 0.6) is 0 Å². The molecule has 1 aromatic heterocycles. The lowest BCUT2D eigenvalue weighted by Gasteiger charge is -2.13. The zero-order valence-corrected chi connectivity index (χ0v) is 18.5. The molecule has 0 saturated heterocycles. The van der Waals surface area contributed by atoms with E-state index >= 15 is 0 Å². The first-order chi connectivity index (χ1) is 16.2. The monoisotopic (exact) mass is 485 g/mol. The van der Waals surface area contributed by atoms with Gasteiger partial charge in [0.1, 0.15) is 17.4 Å². The number of aromatic nitrogens is 2. The van der Waals surface area contributed by atoms with Gasteiger partial charge < -0.3 is 0 Å². The fourth-order valence-electron chi connectivity index (χ4n) is 3.78. The molecule has 0 radical (unpaired) electrons. The van der Waals surface area contributed by atoms with Crippen molar-refractivity contribution in [2.24, 2.45) is 5.92 Å². The van der Waals surface area contributed by atoms with Gasteiger partial charge in [0, 0.05) is 23.5 Å². The van der Waals surface area contributed by atoms with E-state index in [4.69, 9.17) is 0 Å². The third-order valence-electron chi connectivity index (χ3n) is 5.72. The van der Waals surface area contributed by atoms with Crippen LogP contribution in [0.25, 0.3) is 17.3 Å². The van der Waals surface area contributed by atoms with Gasteiger partial charge in [-0.15, -0.1) is 0 Å². The number of nitrogens with zero attached hydrogens (tertiary/aromatic N) is 2. The minimum atomic E-state index is -4.36. The van der Waals surface area contributed by atoms with Crippen molar-refractivity contribution >= 4 is 27.6 Å². The molecule has 34 heavy (non-hydrogen) atoms. The van der Waals surface area contributed by atoms with E-state index < -0.39 is 32.4 Å². The van der Waals surface area contributed by atoms with Crippen LogP contribution in [0.15, 0.2) is 47.4 Å². The second-order valence-electron chi connectivity index (χ2n) is 8.25. The quantitative estimate of drug-likeness (QED) is 0.534. The third kappa shape index (κ3) is 4.33. The Kier molecular flexibility index (Phi) is 5.47. The van der Waals surface area contributed by atoms with Gasteiger partial charge in [-0.1, -0.05) is 18.2 Å². The second-order valence-corrected chi connectivity index (χ2v) is 9.93. The summed E-state index contributed by atoms with van der Waals surface area (Å²) in [7, 11) is -4.36. The Morgan fingerprint density at radius 1 is 1.00 bits per heavy atom. The van der Waals surface area contributed by atoms with Crippen LogP contribution < -0.4 is 4.72 Å². The van der Waals surface area contributed by atoms with Crippen molar-refractivity contribution in [2.45, 2.75) is 30.6 Å². The predicted octanol–water partition coefficient (Wildman–Crippen LogP) is 4.45. The van der Waals surface area contributed by atoms with Crippen molar-refractivity contribution in [2.75, 3.05) is 4.72 Å². The van der Waals surface area contributed by atoms with Crippen molar-refractivity contribution in [1.29, 1.82) is 0 Å². The highest BCUT2D eigenvalue weighted by atomic mass is 32.2. The molecule has 6 nitrogen and oxygen atoms in total. The van der Waals surface area contributed by atoms with Crippen LogP contribution >= 0.6 is 0 Å². The highest BCUT2D eigenvalue weighted by Crippen LogP contribution is 2.33. The van der Waals surface area contributed by atoms with Gasteiger partial charge in [-0.3, -0.25) is 9.52 Å². The first-order valence-corrected chi connectivity index (χ1v) is 12.1. The predicted molar refractivity (Wildman–Crippen MR) is 119 cm³/mol. The standard InChI is InChI=1S/C24H18F3N3O3S/c25-17-8-7-15(11-18(17)26)34(32,33)30-21-9-6-14(10-19(21)27)24-16-2-1-3-20(16)28-23(29-24)12-22(31)13-4-5-13/h1-2,6-11,13,30H,3-5,12H2. The Balaban J connectivity index is 1.45. The molecule has 0 amide bonds. The van der Waals surface area contributed by atoms with E-state index in [2.05, 4.69) is 14.7 Å². The summed E-state index contributed by atoms with van der Waals surface area (Å²) in [6, 6.07) is 5.93. The van der Waals surface area contributed by atoms with Crippen LogP contribution in [0.2, 0.25) is 0 Å². The molecule has 0 unspecified atom stereocenters. The SMILES string of the molecule is O=C(Cc1nc2c(c(-c3ccc(NS(=O)(=O)c4ccc(F)c(F)c4)c(F)c3)n1)C=CC2)C1CC1. The lowest BCUT2D eigenvalue weighted by atomic mass is 10.0. The summed E-state index contributed by atoms with van der Waals surface area (Å²) in [4.78, 5) is 20.7. The third-order valence-corrected chi connectivity index (χ3v) is 7.08. The molecule has 0 aliphatic heterocycles. The number of carbonyl (C=O) groups is 1. The van der Waals surface area contributed by atoms with Crippen molar-refractivity contribution in [3.63, 3.8) is 0 Å². The van der Waals surface area contributed by atoms with E-state index in [-0.39, 0.29) is 23.8 Å². The molecule has 1 heterocycles. The van der Waals surface area contributed by atoms with Gasteiger partial charge in [-0.05, 0) is 43.2 Å². The van der Waals surface area contributed by atoms with Gasteiger partial charge in [0.05, 0.1) is 28.4 Å². The summed E-state index contributed by atoms with van der Waals surface area (Å²) >= 11 is 0. The molecule has 3 aromatic rings. The van der Waals surface area contributed by atoms with Crippen molar-refractivity contribution < 1.29 is 26.4 Å². The molecule has 1 fully saturated rings. The molecular weight excluding hydrogens is 467 g/mol. The Morgan fingerprint density at radius 2 is 1.79 bits per heavy atom. The number of rotatable bonds is 7. The highest BCUT2D eigenvalue weighted by molar-refractivity contribution is 7.92. The maximum absolute atomic E-state index is 14.9. The second kappa shape index (κ2) is 8.35. The molecule has 5 rings (SSSR count). The number of ketones is 1. The normalized spacial score (nSPS) is 14.8. The van der Waals surface area contributed by atoms with E-state index in [0.717, 1.165) is 36.2 Å². The van der Waals surface area contributed by atoms with Gasteiger partial charge in [0.15, 0.2) is 11.6 Å². The Labute approximate surface area is 193 Å². The Bertz CT molecular complexity index is 1470. The van der Waals surface area contributed by atoms with E-state index in [1.807, 2.05) is 12.2 Å². The Morgan fingerprint density at radius 3 is 2.50 bits per heavy atom. The summed E-state index contributed by atoms with van der Waals surface area (Å²) < 4.78 is 68.6. The molecule has 0 bridgehead atoms. The number of sulfonamides is 1.